The Labute approximate surface area is 275 Å². The number of sulfonamides is 1. The molecule has 0 fully saturated rings. The maximum atomic E-state index is 15.1. The van der Waals surface area contributed by atoms with E-state index in [1.54, 1.807) is 42.5 Å². The lowest BCUT2D eigenvalue weighted by molar-refractivity contribution is -0.140. The van der Waals surface area contributed by atoms with Gasteiger partial charge in [-0.25, -0.2) is 12.8 Å². The Balaban J connectivity index is 1.58. The highest BCUT2D eigenvalue weighted by Gasteiger charge is 2.35. The minimum atomic E-state index is -4.30. The molecule has 0 saturated heterocycles. The summed E-state index contributed by atoms with van der Waals surface area (Å²) in [4.78, 5) is 29.6. The minimum absolute atomic E-state index is 0.0288. The van der Waals surface area contributed by atoms with Crippen molar-refractivity contribution in [2.24, 2.45) is 5.92 Å². The second kappa shape index (κ2) is 15.1. The number of ether oxygens (including phenoxy) is 2. The highest BCUT2D eigenvalue weighted by molar-refractivity contribution is 7.92. The molecule has 4 aromatic carbocycles. The average Bonchev–Trinajstić information content (AvgIpc) is 3.08. The second-order valence-corrected chi connectivity index (χ2v) is 13.5. The summed E-state index contributed by atoms with van der Waals surface area (Å²) in [5.41, 5.74) is 1.14. The fourth-order valence-electron chi connectivity index (χ4n) is 5.22. The van der Waals surface area contributed by atoms with Crippen LogP contribution in [0.25, 0.3) is 0 Å². The van der Waals surface area contributed by atoms with Crippen LogP contribution in [0.4, 0.5) is 10.1 Å². The third kappa shape index (κ3) is 8.28. The lowest BCUT2D eigenvalue weighted by atomic mass is 10.0. The summed E-state index contributed by atoms with van der Waals surface area (Å²) in [5.74, 6) is -0.741. The summed E-state index contributed by atoms with van der Waals surface area (Å²) in [6.07, 6.45) is 0.125. The van der Waals surface area contributed by atoms with E-state index >= 15 is 4.39 Å². The lowest BCUT2D eigenvalue weighted by Crippen LogP contribution is -2.53. The number of amides is 2. The van der Waals surface area contributed by atoms with Gasteiger partial charge in [-0.05, 0) is 41.8 Å². The van der Waals surface area contributed by atoms with Crippen LogP contribution in [0, 0.1) is 11.7 Å². The van der Waals surface area contributed by atoms with Gasteiger partial charge in [-0.3, -0.25) is 13.9 Å². The molecule has 9 nitrogen and oxygen atoms in total. The van der Waals surface area contributed by atoms with Gasteiger partial charge in [0.2, 0.25) is 11.8 Å². The van der Waals surface area contributed by atoms with E-state index in [0.29, 0.717) is 24.7 Å². The minimum Gasteiger partial charge on any atom is -0.486 e. The smallest absolute Gasteiger partial charge is 0.264 e. The predicted molar refractivity (Wildman–Crippen MR) is 177 cm³/mol. The van der Waals surface area contributed by atoms with Crippen molar-refractivity contribution in [3.05, 3.63) is 120 Å². The Hall–Kier alpha value is -4.90. The van der Waals surface area contributed by atoms with Crippen LogP contribution in [0.3, 0.4) is 0 Å². The number of halogens is 1. The molecule has 0 radical (unpaired) electrons. The highest BCUT2D eigenvalue weighted by Crippen LogP contribution is 2.36. The molecule has 11 heteroatoms. The number of rotatable bonds is 13. The maximum absolute atomic E-state index is 15.1. The van der Waals surface area contributed by atoms with Gasteiger partial charge < -0.3 is 19.7 Å². The Morgan fingerprint density at radius 2 is 1.49 bits per heavy atom. The van der Waals surface area contributed by atoms with Crippen LogP contribution in [0.15, 0.2) is 108 Å². The fourth-order valence-corrected chi connectivity index (χ4v) is 6.65. The molecule has 1 atom stereocenters. The van der Waals surface area contributed by atoms with Gasteiger partial charge in [0.1, 0.15) is 31.6 Å². The number of nitrogens with one attached hydrogen (secondary N) is 1. The molecule has 1 N–H and O–H groups in total. The lowest BCUT2D eigenvalue weighted by Gasteiger charge is -2.34. The van der Waals surface area contributed by atoms with Gasteiger partial charge in [0.25, 0.3) is 10.0 Å². The Kier molecular flexibility index (Phi) is 10.8. The number of benzene rings is 4. The standard InChI is InChI=1S/C36H38FN3O6S/c1-26(2)23-38-36(42)32(21-27-11-5-3-6-12-27)39(24-28-13-9-10-16-31(28)37)35(41)25-40(47(43,44)30-14-7-4-8-15-30)29-17-18-33-34(22-29)46-20-19-45-33/h3-18,22,26,32H,19-21,23-25H2,1-2H3,(H,38,42)/t32-/m1/s1. The summed E-state index contributed by atoms with van der Waals surface area (Å²) in [6.45, 7) is 3.96. The van der Waals surface area contributed by atoms with Crippen LogP contribution in [0.2, 0.25) is 0 Å². The fraction of sp³-hybridized carbons (Fsp3) is 0.278. The monoisotopic (exact) mass is 659 g/mol. The molecule has 0 bridgehead atoms. The van der Waals surface area contributed by atoms with Crippen LogP contribution in [0.5, 0.6) is 11.5 Å². The van der Waals surface area contributed by atoms with Gasteiger partial charge in [-0.2, -0.15) is 0 Å². The zero-order chi connectivity index (χ0) is 33.4. The van der Waals surface area contributed by atoms with Crippen LogP contribution < -0.4 is 19.1 Å². The van der Waals surface area contributed by atoms with Gasteiger partial charge in [0.15, 0.2) is 11.5 Å². The third-order valence-corrected chi connectivity index (χ3v) is 9.47. The van der Waals surface area contributed by atoms with E-state index in [-0.39, 0.29) is 41.6 Å². The van der Waals surface area contributed by atoms with Crippen molar-refractivity contribution in [3.63, 3.8) is 0 Å². The molecule has 0 saturated carbocycles. The van der Waals surface area contributed by atoms with Gasteiger partial charge in [-0.15, -0.1) is 0 Å². The Bertz CT molecular complexity index is 1790. The molecule has 4 aromatic rings. The zero-order valence-corrected chi connectivity index (χ0v) is 27.2. The van der Waals surface area contributed by atoms with Crippen LogP contribution in [0.1, 0.15) is 25.0 Å². The first-order chi connectivity index (χ1) is 22.6. The van der Waals surface area contributed by atoms with E-state index in [1.165, 1.54) is 35.2 Å². The van der Waals surface area contributed by atoms with E-state index in [2.05, 4.69) is 5.32 Å². The summed E-state index contributed by atoms with van der Waals surface area (Å²) >= 11 is 0. The van der Waals surface area contributed by atoms with E-state index < -0.39 is 40.2 Å². The van der Waals surface area contributed by atoms with E-state index in [1.807, 2.05) is 44.2 Å². The number of nitrogens with zero attached hydrogens (tertiary/aromatic N) is 2. The molecule has 246 valence electrons. The summed E-state index contributed by atoms with van der Waals surface area (Å²) < 4.78 is 55.8. The molecule has 1 aliphatic heterocycles. The second-order valence-electron chi connectivity index (χ2n) is 11.6. The number of hydrogen-bond donors (Lipinski definition) is 1. The van der Waals surface area contributed by atoms with Crippen molar-refractivity contribution in [1.82, 2.24) is 10.2 Å². The normalized spacial score (nSPS) is 13.1. The summed E-state index contributed by atoms with van der Waals surface area (Å²) in [6, 6.07) is 26.5. The Morgan fingerprint density at radius 3 is 2.17 bits per heavy atom. The number of anilines is 1. The number of carbonyl (C=O) groups is 2. The van der Waals surface area contributed by atoms with Crippen molar-refractivity contribution in [2.45, 2.75) is 37.8 Å². The molecule has 1 aliphatic rings. The van der Waals surface area contributed by atoms with E-state index in [4.69, 9.17) is 9.47 Å². The molecule has 0 unspecified atom stereocenters. The predicted octanol–water partition coefficient (Wildman–Crippen LogP) is 5.20. The molecule has 0 aromatic heterocycles. The van der Waals surface area contributed by atoms with Crippen molar-refractivity contribution in [1.29, 1.82) is 0 Å². The van der Waals surface area contributed by atoms with Crippen LogP contribution in [-0.2, 0) is 32.6 Å². The maximum Gasteiger partial charge on any atom is 0.264 e. The molecular weight excluding hydrogens is 621 g/mol. The SMILES string of the molecule is CC(C)CNC(=O)[C@@H](Cc1ccccc1)N(Cc1ccccc1F)C(=O)CN(c1ccc2c(c1)OCCO2)S(=O)(=O)c1ccccc1. The van der Waals surface area contributed by atoms with E-state index in [9.17, 15) is 18.0 Å². The Morgan fingerprint density at radius 1 is 0.851 bits per heavy atom. The van der Waals surface area contributed by atoms with Gasteiger partial charge in [-0.1, -0.05) is 80.6 Å². The first-order valence-electron chi connectivity index (χ1n) is 15.5. The molecule has 1 heterocycles. The van der Waals surface area contributed by atoms with Crippen molar-refractivity contribution in [2.75, 3.05) is 30.6 Å². The quantitative estimate of drug-likeness (QED) is 0.212. The molecule has 0 aliphatic carbocycles. The average molecular weight is 660 g/mol. The largest absolute Gasteiger partial charge is 0.486 e. The van der Waals surface area contributed by atoms with Gasteiger partial charge >= 0.3 is 0 Å². The van der Waals surface area contributed by atoms with Crippen molar-refractivity contribution < 1.29 is 31.9 Å². The topological polar surface area (TPSA) is 105 Å². The molecule has 2 amide bonds. The number of hydrogen-bond acceptors (Lipinski definition) is 6. The summed E-state index contributed by atoms with van der Waals surface area (Å²) in [7, 11) is -4.30. The van der Waals surface area contributed by atoms with Crippen LogP contribution in [-0.4, -0.2) is 57.5 Å². The first kappa shape index (κ1) is 33.5. The molecule has 0 spiro atoms. The van der Waals surface area contributed by atoms with Gasteiger partial charge in [0.05, 0.1) is 10.6 Å². The number of carbonyl (C=O) groups excluding carboxylic acids is 2. The third-order valence-electron chi connectivity index (χ3n) is 7.68. The zero-order valence-electron chi connectivity index (χ0n) is 26.3. The first-order valence-corrected chi connectivity index (χ1v) is 16.9. The number of fused-ring (bicyclic) bond motifs is 1. The molecule has 47 heavy (non-hydrogen) atoms. The van der Waals surface area contributed by atoms with Crippen molar-refractivity contribution >= 4 is 27.5 Å². The highest BCUT2D eigenvalue weighted by atomic mass is 32.2. The molecular formula is C36H38FN3O6S. The van der Waals surface area contributed by atoms with Crippen molar-refractivity contribution in [3.8, 4) is 11.5 Å². The van der Waals surface area contributed by atoms with Gasteiger partial charge in [0, 0.05) is 31.1 Å². The van der Waals surface area contributed by atoms with E-state index in [0.717, 1.165) is 9.87 Å². The van der Waals surface area contributed by atoms with Crippen LogP contribution >= 0.6 is 0 Å². The summed E-state index contributed by atoms with van der Waals surface area (Å²) in [5, 5.41) is 2.92. The molecule has 5 rings (SSSR count).